The van der Waals surface area contributed by atoms with E-state index in [1.54, 1.807) is 36.5 Å². The third kappa shape index (κ3) is 3.58. The third-order valence-electron chi connectivity index (χ3n) is 3.84. The first-order valence-electron chi connectivity index (χ1n) is 8.15. The molecule has 7 nitrogen and oxygen atoms in total. The highest BCUT2D eigenvalue weighted by molar-refractivity contribution is 6.31. The number of pyridine rings is 1. The average Bonchev–Trinajstić information content (AvgIpc) is 3.37. The number of aromatic nitrogens is 4. The number of halogens is 1. The molecule has 0 aliphatic rings. The zero-order valence-corrected chi connectivity index (χ0v) is 14.8. The van der Waals surface area contributed by atoms with Crippen molar-refractivity contribution in [3.63, 3.8) is 0 Å². The number of carbonyl (C=O) groups is 1. The van der Waals surface area contributed by atoms with Crippen LogP contribution in [-0.2, 0) is 6.54 Å². The summed E-state index contributed by atoms with van der Waals surface area (Å²) in [6.07, 6.45) is 4.60. The number of rotatable bonds is 5. The fraction of sp³-hybridized carbons (Fsp3) is 0.0526. The van der Waals surface area contributed by atoms with Crippen molar-refractivity contribution in [3.05, 3.63) is 83.3 Å². The van der Waals surface area contributed by atoms with E-state index in [1.807, 2.05) is 18.2 Å². The second-order valence-corrected chi connectivity index (χ2v) is 6.05. The van der Waals surface area contributed by atoms with Gasteiger partial charge in [0, 0.05) is 24.0 Å². The predicted octanol–water partition coefficient (Wildman–Crippen LogP) is 3.89. The van der Waals surface area contributed by atoms with Crippen LogP contribution in [0.25, 0.3) is 11.6 Å². The normalized spacial score (nSPS) is 10.7. The van der Waals surface area contributed by atoms with E-state index in [4.69, 9.17) is 16.0 Å². The summed E-state index contributed by atoms with van der Waals surface area (Å²) in [6.45, 7) is 0.385. The second-order valence-electron chi connectivity index (χ2n) is 5.64. The van der Waals surface area contributed by atoms with Crippen LogP contribution in [0.1, 0.15) is 15.9 Å². The van der Waals surface area contributed by atoms with Gasteiger partial charge in [0.05, 0.1) is 11.8 Å². The number of nitrogens with zero attached hydrogens (tertiary/aromatic N) is 4. The standard InChI is InChI=1S/C19H14ClN5O2/c20-15-7-2-1-5-13(15)12-22-19-23-17(16-8-4-10-27-16)24-25(19)18(26)14-6-3-9-21-11-14/h1-11H,12H2,(H,22,23,24). The van der Waals surface area contributed by atoms with Crippen molar-refractivity contribution in [3.8, 4) is 11.6 Å². The van der Waals surface area contributed by atoms with Crippen molar-refractivity contribution < 1.29 is 9.21 Å². The monoisotopic (exact) mass is 379 g/mol. The lowest BCUT2D eigenvalue weighted by molar-refractivity contribution is 0.0947. The van der Waals surface area contributed by atoms with E-state index in [0.29, 0.717) is 28.7 Å². The first kappa shape index (κ1) is 17.0. The Morgan fingerprint density at radius 2 is 2.04 bits per heavy atom. The van der Waals surface area contributed by atoms with E-state index in [1.165, 1.54) is 17.1 Å². The van der Waals surface area contributed by atoms with Crippen molar-refractivity contribution >= 4 is 23.5 Å². The third-order valence-corrected chi connectivity index (χ3v) is 4.21. The molecular weight excluding hydrogens is 366 g/mol. The molecule has 1 aromatic carbocycles. The molecule has 134 valence electrons. The first-order valence-corrected chi connectivity index (χ1v) is 8.53. The smallest absolute Gasteiger partial charge is 0.282 e. The molecule has 0 radical (unpaired) electrons. The maximum atomic E-state index is 12.9. The maximum absolute atomic E-state index is 12.9. The molecular formula is C19H14ClN5O2. The van der Waals surface area contributed by atoms with Crippen molar-refractivity contribution in [2.45, 2.75) is 6.54 Å². The Morgan fingerprint density at radius 3 is 2.78 bits per heavy atom. The van der Waals surface area contributed by atoms with Crippen LogP contribution in [-0.4, -0.2) is 25.7 Å². The zero-order chi connectivity index (χ0) is 18.6. The van der Waals surface area contributed by atoms with E-state index in [9.17, 15) is 4.79 Å². The van der Waals surface area contributed by atoms with Gasteiger partial charge in [0.2, 0.25) is 11.8 Å². The van der Waals surface area contributed by atoms with Gasteiger partial charge in [0.15, 0.2) is 5.76 Å². The quantitative estimate of drug-likeness (QED) is 0.566. The Balaban J connectivity index is 1.68. The number of benzene rings is 1. The summed E-state index contributed by atoms with van der Waals surface area (Å²) < 4.78 is 6.54. The Morgan fingerprint density at radius 1 is 1.15 bits per heavy atom. The summed E-state index contributed by atoms with van der Waals surface area (Å²) in [7, 11) is 0. The average molecular weight is 380 g/mol. The van der Waals surface area contributed by atoms with Gasteiger partial charge in [-0.25, -0.2) is 0 Å². The topological polar surface area (TPSA) is 85.8 Å². The number of hydrogen-bond acceptors (Lipinski definition) is 6. The van der Waals surface area contributed by atoms with Gasteiger partial charge in [0.25, 0.3) is 5.91 Å². The molecule has 3 aromatic heterocycles. The van der Waals surface area contributed by atoms with Gasteiger partial charge >= 0.3 is 0 Å². The maximum Gasteiger partial charge on any atom is 0.282 e. The predicted molar refractivity (Wildman–Crippen MR) is 100 cm³/mol. The molecule has 0 unspecified atom stereocenters. The number of hydrogen-bond donors (Lipinski definition) is 1. The van der Waals surface area contributed by atoms with Crippen LogP contribution in [0.4, 0.5) is 5.95 Å². The highest BCUT2D eigenvalue weighted by Gasteiger charge is 2.20. The minimum absolute atomic E-state index is 0.287. The molecule has 0 aliphatic heterocycles. The minimum Gasteiger partial charge on any atom is -0.461 e. The van der Waals surface area contributed by atoms with Crippen molar-refractivity contribution in [2.24, 2.45) is 0 Å². The zero-order valence-electron chi connectivity index (χ0n) is 14.0. The SMILES string of the molecule is O=C(c1cccnc1)n1nc(-c2ccco2)nc1NCc1ccccc1Cl. The molecule has 4 aromatic rings. The molecule has 0 atom stereocenters. The fourth-order valence-corrected chi connectivity index (χ4v) is 2.71. The molecule has 8 heteroatoms. The molecule has 27 heavy (non-hydrogen) atoms. The van der Waals surface area contributed by atoms with Gasteiger partial charge in [0.1, 0.15) is 0 Å². The van der Waals surface area contributed by atoms with E-state index >= 15 is 0 Å². The number of carbonyl (C=O) groups excluding carboxylic acids is 1. The highest BCUT2D eigenvalue weighted by Crippen LogP contribution is 2.21. The molecule has 0 fully saturated rings. The lowest BCUT2D eigenvalue weighted by atomic mass is 10.2. The van der Waals surface area contributed by atoms with Gasteiger partial charge in [-0.15, -0.1) is 5.10 Å². The molecule has 0 amide bonds. The summed E-state index contributed by atoms with van der Waals surface area (Å²) in [4.78, 5) is 21.2. The van der Waals surface area contributed by atoms with Crippen LogP contribution in [0.2, 0.25) is 5.02 Å². The van der Waals surface area contributed by atoms with Crippen molar-refractivity contribution in [2.75, 3.05) is 5.32 Å². The molecule has 0 bridgehead atoms. The second kappa shape index (κ2) is 7.43. The molecule has 0 saturated heterocycles. The largest absolute Gasteiger partial charge is 0.461 e. The molecule has 3 heterocycles. The Labute approximate surface area is 159 Å². The summed E-state index contributed by atoms with van der Waals surface area (Å²) >= 11 is 6.20. The van der Waals surface area contributed by atoms with E-state index in [-0.39, 0.29) is 11.9 Å². The van der Waals surface area contributed by atoms with Gasteiger partial charge in [-0.2, -0.15) is 9.67 Å². The van der Waals surface area contributed by atoms with Gasteiger partial charge < -0.3 is 9.73 Å². The van der Waals surface area contributed by atoms with Gasteiger partial charge in [-0.1, -0.05) is 29.8 Å². The Kier molecular flexibility index (Phi) is 4.67. The molecule has 0 aliphatic carbocycles. The summed E-state index contributed by atoms with van der Waals surface area (Å²) in [5.41, 5.74) is 1.27. The summed E-state index contributed by atoms with van der Waals surface area (Å²) in [5.74, 6) is 0.706. The van der Waals surface area contributed by atoms with E-state index in [0.717, 1.165) is 5.56 Å². The van der Waals surface area contributed by atoms with E-state index in [2.05, 4.69) is 20.4 Å². The van der Waals surface area contributed by atoms with Crippen LogP contribution < -0.4 is 5.32 Å². The molecule has 4 rings (SSSR count). The highest BCUT2D eigenvalue weighted by atomic mass is 35.5. The van der Waals surface area contributed by atoms with Crippen LogP contribution in [0.5, 0.6) is 0 Å². The minimum atomic E-state index is -0.352. The lowest BCUT2D eigenvalue weighted by Crippen LogP contribution is -2.17. The first-order chi connectivity index (χ1) is 13.2. The van der Waals surface area contributed by atoms with Crippen LogP contribution >= 0.6 is 11.6 Å². The Hall–Kier alpha value is -3.45. The van der Waals surface area contributed by atoms with E-state index < -0.39 is 0 Å². The molecule has 0 saturated carbocycles. The lowest BCUT2D eigenvalue weighted by Gasteiger charge is -2.08. The van der Waals surface area contributed by atoms with Crippen LogP contribution in [0.15, 0.2) is 71.6 Å². The summed E-state index contributed by atoms with van der Waals surface area (Å²) in [5, 5.41) is 8.05. The summed E-state index contributed by atoms with van der Waals surface area (Å²) in [6, 6.07) is 14.3. The van der Waals surface area contributed by atoms with Crippen molar-refractivity contribution in [1.29, 1.82) is 0 Å². The number of furan rings is 1. The Bertz CT molecular complexity index is 1060. The van der Waals surface area contributed by atoms with Crippen LogP contribution in [0.3, 0.4) is 0 Å². The van der Waals surface area contributed by atoms with Gasteiger partial charge in [-0.05, 0) is 35.9 Å². The number of nitrogens with one attached hydrogen (secondary N) is 1. The van der Waals surface area contributed by atoms with Crippen molar-refractivity contribution in [1.82, 2.24) is 19.7 Å². The van der Waals surface area contributed by atoms with Gasteiger partial charge in [-0.3, -0.25) is 9.78 Å². The molecule has 0 spiro atoms. The number of anilines is 1. The van der Waals surface area contributed by atoms with Crippen LogP contribution in [0, 0.1) is 0 Å². The fourth-order valence-electron chi connectivity index (χ4n) is 2.51. The molecule has 1 N–H and O–H groups in total.